The summed E-state index contributed by atoms with van der Waals surface area (Å²) in [6.45, 7) is 7.90. The zero-order chi connectivity index (χ0) is 17.6. The van der Waals surface area contributed by atoms with Crippen molar-refractivity contribution in [2.45, 2.75) is 33.3 Å². The van der Waals surface area contributed by atoms with E-state index in [1.807, 2.05) is 6.92 Å². The Kier molecular flexibility index (Phi) is 6.74. The number of rotatable bonds is 6. The Bertz CT molecular complexity index is 574. The summed E-state index contributed by atoms with van der Waals surface area (Å²) in [6, 6.07) is 1.31. The highest BCUT2D eigenvalue weighted by Crippen LogP contribution is 2.27. The monoisotopic (exact) mass is 389 g/mol. The van der Waals surface area contributed by atoms with Crippen molar-refractivity contribution in [3.8, 4) is 5.88 Å². The normalized spacial score (nSPS) is 11.0. The van der Waals surface area contributed by atoms with E-state index in [4.69, 9.17) is 9.47 Å². The van der Waals surface area contributed by atoms with E-state index < -0.39 is 16.6 Å². The maximum Gasteiger partial charge on any atom is 0.410 e. The molecule has 0 spiro atoms. The van der Waals surface area contributed by atoms with Gasteiger partial charge in [-0.1, -0.05) is 0 Å². The largest absolute Gasteiger partial charge is 0.471 e. The molecule has 0 unspecified atom stereocenters. The molecule has 23 heavy (non-hydrogen) atoms. The lowest BCUT2D eigenvalue weighted by Crippen LogP contribution is -2.39. The van der Waals surface area contributed by atoms with E-state index in [9.17, 15) is 14.9 Å². The smallest absolute Gasteiger partial charge is 0.410 e. The Labute approximate surface area is 143 Å². The summed E-state index contributed by atoms with van der Waals surface area (Å²) in [4.78, 5) is 27.7. The van der Waals surface area contributed by atoms with Gasteiger partial charge in [-0.3, -0.25) is 10.1 Å². The molecule has 0 radical (unpaired) electrons. The maximum absolute atomic E-state index is 12.0. The van der Waals surface area contributed by atoms with Crippen molar-refractivity contribution in [1.29, 1.82) is 0 Å². The number of aromatic nitrogens is 1. The average Bonchev–Trinajstić information content (AvgIpc) is 2.42. The number of hydrogen-bond donors (Lipinski definition) is 0. The molecule has 0 aliphatic carbocycles. The minimum atomic E-state index is -0.586. The van der Waals surface area contributed by atoms with Gasteiger partial charge < -0.3 is 14.4 Å². The lowest BCUT2D eigenvalue weighted by atomic mass is 10.2. The topological polar surface area (TPSA) is 94.8 Å². The number of carbonyl (C=O) groups excluding carboxylic acids is 1. The first kappa shape index (κ1) is 19.1. The van der Waals surface area contributed by atoms with Gasteiger partial charge in [0.15, 0.2) is 0 Å². The van der Waals surface area contributed by atoms with Gasteiger partial charge in [-0.2, -0.15) is 0 Å². The van der Waals surface area contributed by atoms with Crippen molar-refractivity contribution >= 4 is 27.7 Å². The first-order valence-electron chi connectivity index (χ1n) is 7.04. The molecule has 0 saturated carbocycles. The molecule has 0 bridgehead atoms. The SMILES string of the molecule is CCN(CCOc1ncc(Br)cc1[N+](=O)[O-])C(=O)OC(C)(C)C. The van der Waals surface area contributed by atoms with Crippen LogP contribution in [-0.2, 0) is 4.74 Å². The molecular formula is C14H20BrN3O5. The van der Waals surface area contributed by atoms with E-state index in [2.05, 4.69) is 20.9 Å². The summed E-state index contributed by atoms with van der Waals surface area (Å²) >= 11 is 3.12. The lowest BCUT2D eigenvalue weighted by Gasteiger charge is -2.26. The first-order valence-corrected chi connectivity index (χ1v) is 7.84. The molecule has 0 aromatic carbocycles. The summed E-state index contributed by atoms with van der Waals surface area (Å²) in [5.74, 6) is -0.0848. The molecule has 0 fully saturated rings. The Morgan fingerprint density at radius 1 is 1.48 bits per heavy atom. The molecule has 1 rings (SSSR count). The van der Waals surface area contributed by atoms with Crippen LogP contribution in [0.1, 0.15) is 27.7 Å². The van der Waals surface area contributed by atoms with Gasteiger partial charge in [-0.25, -0.2) is 9.78 Å². The molecule has 0 aliphatic rings. The van der Waals surface area contributed by atoms with Crippen LogP contribution in [0.25, 0.3) is 0 Å². The van der Waals surface area contributed by atoms with E-state index in [0.717, 1.165) is 0 Å². The number of amides is 1. The number of ether oxygens (including phenoxy) is 2. The van der Waals surface area contributed by atoms with Gasteiger partial charge in [-0.05, 0) is 43.6 Å². The number of nitro groups is 1. The zero-order valence-electron chi connectivity index (χ0n) is 13.5. The highest BCUT2D eigenvalue weighted by Gasteiger charge is 2.22. The zero-order valence-corrected chi connectivity index (χ0v) is 15.1. The lowest BCUT2D eigenvalue weighted by molar-refractivity contribution is -0.386. The number of carbonyl (C=O) groups is 1. The maximum atomic E-state index is 12.0. The van der Waals surface area contributed by atoms with E-state index >= 15 is 0 Å². The summed E-state index contributed by atoms with van der Waals surface area (Å²) in [6.07, 6.45) is 0.954. The predicted molar refractivity (Wildman–Crippen MR) is 87.6 cm³/mol. The quantitative estimate of drug-likeness (QED) is 0.546. The number of likely N-dealkylation sites (N-methyl/N-ethyl adjacent to an activating group) is 1. The van der Waals surface area contributed by atoms with Crippen LogP contribution >= 0.6 is 15.9 Å². The molecule has 0 atom stereocenters. The molecule has 1 heterocycles. The van der Waals surface area contributed by atoms with Crippen molar-refractivity contribution in [3.05, 3.63) is 26.9 Å². The third-order valence-corrected chi connectivity index (χ3v) is 3.06. The summed E-state index contributed by atoms with van der Waals surface area (Å²) in [5, 5.41) is 11.0. The van der Waals surface area contributed by atoms with Crippen molar-refractivity contribution in [3.63, 3.8) is 0 Å². The summed E-state index contributed by atoms with van der Waals surface area (Å²) in [7, 11) is 0. The van der Waals surface area contributed by atoms with Crippen LogP contribution in [0, 0.1) is 10.1 Å². The molecular weight excluding hydrogens is 370 g/mol. The third-order valence-electron chi connectivity index (χ3n) is 2.63. The van der Waals surface area contributed by atoms with Crippen LogP contribution in [0.15, 0.2) is 16.7 Å². The van der Waals surface area contributed by atoms with Gasteiger partial charge in [0, 0.05) is 23.3 Å². The second-order valence-electron chi connectivity index (χ2n) is 5.64. The van der Waals surface area contributed by atoms with E-state index in [-0.39, 0.29) is 24.7 Å². The summed E-state index contributed by atoms with van der Waals surface area (Å²) in [5.41, 5.74) is -0.822. The van der Waals surface area contributed by atoms with Crippen LogP contribution < -0.4 is 4.74 Å². The van der Waals surface area contributed by atoms with Gasteiger partial charge in [0.1, 0.15) is 12.2 Å². The fourth-order valence-electron chi connectivity index (χ4n) is 1.62. The van der Waals surface area contributed by atoms with Crippen molar-refractivity contribution < 1.29 is 19.2 Å². The summed E-state index contributed by atoms with van der Waals surface area (Å²) < 4.78 is 11.1. The van der Waals surface area contributed by atoms with Gasteiger partial charge >= 0.3 is 11.8 Å². The van der Waals surface area contributed by atoms with Crippen LogP contribution in [0.4, 0.5) is 10.5 Å². The van der Waals surface area contributed by atoms with Crippen molar-refractivity contribution in [2.75, 3.05) is 19.7 Å². The molecule has 0 saturated heterocycles. The molecule has 1 aromatic heterocycles. The van der Waals surface area contributed by atoms with Crippen LogP contribution in [0.2, 0.25) is 0 Å². The van der Waals surface area contributed by atoms with E-state index in [0.29, 0.717) is 11.0 Å². The van der Waals surface area contributed by atoms with Gasteiger partial charge in [0.05, 0.1) is 11.5 Å². The fraction of sp³-hybridized carbons (Fsp3) is 0.571. The Morgan fingerprint density at radius 3 is 2.65 bits per heavy atom. The van der Waals surface area contributed by atoms with Crippen LogP contribution in [0.3, 0.4) is 0 Å². The highest BCUT2D eigenvalue weighted by molar-refractivity contribution is 9.10. The number of nitrogens with zero attached hydrogens (tertiary/aromatic N) is 3. The number of halogens is 1. The second-order valence-corrected chi connectivity index (χ2v) is 6.56. The standard InChI is InChI=1S/C14H20BrN3O5/c1-5-17(13(19)23-14(2,3)4)6-7-22-12-11(18(20)21)8-10(15)9-16-12/h8-9H,5-7H2,1-4H3. The molecule has 1 aromatic rings. The van der Waals surface area contributed by atoms with E-state index in [1.165, 1.54) is 17.2 Å². The van der Waals surface area contributed by atoms with Gasteiger partial charge in [0.2, 0.25) is 0 Å². The van der Waals surface area contributed by atoms with Crippen LogP contribution in [0.5, 0.6) is 5.88 Å². The highest BCUT2D eigenvalue weighted by atomic mass is 79.9. The fourth-order valence-corrected chi connectivity index (χ4v) is 1.93. The molecule has 128 valence electrons. The van der Waals surface area contributed by atoms with Crippen LogP contribution in [-0.4, -0.2) is 46.2 Å². The molecule has 0 N–H and O–H groups in total. The molecule has 9 heteroatoms. The molecule has 1 amide bonds. The van der Waals surface area contributed by atoms with Crippen molar-refractivity contribution in [2.24, 2.45) is 0 Å². The Hall–Kier alpha value is -1.90. The van der Waals surface area contributed by atoms with Gasteiger partial charge in [0.25, 0.3) is 5.88 Å². The minimum Gasteiger partial charge on any atom is -0.471 e. The predicted octanol–water partition coefficient (Wildman–Crippen LogP) is 3.39. The number of hydrogen-bond acceptors (Lipinski definition) is 6. The van der Waals surface area contributed by atoms with Gasteiger partial charge in [-0.15, -0.1) is 0 Å². The van der Waals surface area contributed by atoms with E-state index in [1.54, 1.807) is 20.8 Å². The second kappa shape index (κ2) is 8.09. The Morgan fingerprint density at radius 2 is 2.13 bits per heavy atom. The molecule has 0 aliphatic heterocycles. The average molecular weight is 390 g/mol. The Balaban J connectivity index is 2.65. The first-order chi connectivity index (χ1) is 10.6. The number of pyridine rings is 1. The minimum absolute atomic E-state index is 0.0720. The molecule has 8 nitrogen and oxygen atoms in total. The van der Waals surface area contributed by atoms with Crippen molar-refractivity contribution in [1.82, 2.24) is 9.88 Å². The third kappa shape index (κ3) is 6.39.